The van der Waals surface area contributed by atoms with Gasteiger partial charge in [0.15, 0.2) is 5.78 Å². The summed E-state index contributed by atoms with van der Waals surface area (Å²) in [6, 6.07) is 4.23. The molecule has 0 radical (unpaired) electrons. The minimum atomic E-state index is -0.389. The fourth-order valence-corrected chi connectivity index (χ4v) is 1.38. The molecule has 1 rings (SSSR count). The van der Waals surface area contributed by atoms with E-state index in [1.165, 1.54) is 12.1 Å². The summed E-state index contributed by atoms with van der Waals surface area (Å²) >= 11 is 0. The van der Waals surface area contributed by atoms with Gasteiger partial charge in [-0.05, 0) is 25.2 Å². The smallest absolute Gasteiger partial charge is 0.178 e. The average Bonchev–Trinajstić information content (AvgIpc) is 2.17. The van der Waals surface area contributed by atoms with Crippen LogP contribution in [0.15, 0.2) is 18.2 Å². The monoisotopic (exact) mass is 210 g/mol. The molecule has 0 bridgehead atoms. The molecule has 0 saturated carbocycles. The molecule has 82 valence electrons. The van der Waals surface area contributed by atoms with Crippen molar-refractivity contribution in [3.63, 3.8) is 0 Å². The zero-order valence-electron chi connectivity index (χ0n) is 9.17. The quantitative estimate of drug-likeness (QED) is 0.760. The Kier molecular flexibility index (Phi) is 3.80. The molecule has 0 fully saturated rings. The number of hydrogen-bond acceptors (Lipinski definition) is 3. The van der Waals surface area contributed by atoms with Crippen LogP contribution >= 0.6 is 0 Å². The van der Waals surface area contributed by atoms with E-state index < -0.39 is 0 Å². The maximum absolute atomic E-state index is 13.0. The Balaban J connectivity index is 3.12. The molecule has 0 unspecified atom stereocenters. The van der Waals surface area contributed by atoms with Gasteiger partial charge in [0.25, 0.3) is 0 Å². The van der Waals surface area contributed by atoms with Gasteiger partial charge in [0, 0.05) is 25.3 Å². The van der Waals surface area contributed by atoms with Gasteiger partial charge in [0.2, 0.25) is 0 Å². The lowest BCUT2D eigenvalue weighted by Gasteiger charge is -2.16. The molecule has 0 aliphatic carbocycles. The summed E-state index contributed by atoms with van der Waals surface area (Å²) in [6.45, 7) is 0.213. The van der Waals surface area contributed by atoms with Crippen molar-refractivity contribution >= 4 is 11.5 Å². The van der Waals surface area contributed by atoms with Crippen LogP contribution in [0.1, 0.15) is 10.4 Å². The molecule has 1 aromatic carbocycles. The van der Waals surface area contributed by atoms with Crippen molar-refractivity contribution in [2.24, 2.45) is 0 Å². The maximum Gasteiger partial charge on any atom is 0.178 e. The predicted octanol–water partition coefficient (Wildman–Crippen LogP) is 1.29. The first-order chi connectivity index (χ1) is 7.06. The first kappa shape index (κ1) is 11.7. The van der Waals surface area contributed by atoms with Gasteiger partial charge in [-0.15, -0.1) is 0 Å². The van der Waals surface area contributed by atoms with Gasteiger partial charge in [0.05, 0.1) is 6.54 Å². The Bertz CT molecular complexity index is 364. The third-order valence-electron chi connectivity index (χ3n) is 2.08. The summed E-state index contributed by atoms with van der Waals surface area (Å²) in [6.07, 6.45) is 0. The van der Waals surface area contributed by atoms with E-state index >= 15 is 0 Å². The number of anilines is 1. The van der Waals surface area contributed by atoms with Crippen molar-refractivity contribution in [3.05, 3.63) is 29.6 Å². The van der Waals surface area contributed by atoms with Crippen molar-refractivity contribution in [3.8, 4) is 0 Å². The highest BCUT2D eigenvalue weighted by Gasteiger charge is 2.12. The molecule has 0 aliphatic rings. The summed E-state index contributed by atoms with van der Waals surface area (Å²) in [5.41, 5.74) is 1.14. The molecule has 0 aromatic heterocycles. The van der Waals surface area contributed by atoms with Gasteiger partial charge in [-0.25, -0.2) is 4.39 Å². The lowest BCUT2D eigenvalue weighted by atomic mass is 10.1. The van der Waals surface area contributed by atoms with Crippen LogP contribution in [0.2, 0.25) is 0 Å². The van der Waals surface area contributed by atoms with Crippen molar-refractivity contribution in [2.75, 3.05) is 32.6 Å². The number of benzene rings is 1. The minimum absolute atomic E-state index is 0.110. The van der Waals surface area contributed by atoms with Crippen molar-refractivity contribution < 1.29 is 9.18 Å². The zero-order valence-corrected chi connectivity index (χ0v) is 9.17. The van der Waals surface area contributed by atoms with Crippen LogP contribution in [-0.2, 0) is 0 Å². The van der Waals surface area contributed by atoms with E-state index in [1.807, 2.05) is 14.1 Å². The van der Waals surface area contributed by atoms with Crippen LogP contribution in [0, 0.1) is 5.82 Å². The molecule has 0 amide bonds. The number of likely N-dealkylation sites (N-methyl/N-ethyl adjacent to an activating group) is 1. The number of halogens is 1. The summed E-state index contributed by atoms with van der Waals surface area (Å²) < 4.78 is 13.0. The number of Topliss-reactive ketones (excluding diaryl/α,β-unsaturated/α-hetero) is 1. The summed E-state index contributed by atoms with van der Waals surface area (Å²) in [5.74, 6) is -0.499. The minimum Gasteiger partial charge on any atom is -0.377 e. The highest BCUT2D eigenvalue weighted by Crippen LogP contribution is 2.19. The fourth-order valence-electron chi connectivity index (χ4n) is 1.38. The van der Waals surface area contributed by atoms with Crippen LogP contribution in [0.5, 0.6) is 0 Å². The van der Waals surface area contributed by atoms with Crippen molar-refractivity contribution in [1.29, 1.82) is 0 Å². The maximum atomic E-state index is 13.0. The molecule has 4 heteroatoms. The normalized spacial score (nSPS) is 10.1. The largest absolute Gasteiger partial charge is 0.377 e. The van der Waals surface area contributed by atoms with Gasteiger partial charge in [-0.1, -0.05) is 0 Å². The molecule has 15 heavy (non-hydrogen) atoms. The van der Waals surface area contributed by atoms with Crippen LogP contribution < -0.4 is 10.2 Å². The Labute approximate surface area is 88.9 Å². The number of carbonyl (C=O) groups is 1. The number of hydrogen-bond donors (Lipinski definition) is 1. The lowest BCUT2D eigenvalue weighted by Crippen LogP contribution is -2.22. The van der Waals surface area contributed by atoms with E-state index in [4.69, 9.17) is 0 Å². The summed E-state index contributed by atoms with van der Waals surface area (Å²) in [4.78, 5) is 13.5. The Morgan fingerprint density at radius 2 is 2.13 bits per heavy atom. The number of rotatable bonds is 4. The summed E-state index contributed by atoms with van der Waals surface area (Å²) in [7, 11) is 5.33. The highest BCUT2D eigenvalue weighted by atomic mass is 19.1. The lowest BCUT2D eigenvalue weighted by molar-refractivity contribution is 0.0993. The predicted molar refractivity (Wildman–Crippen MR) is 59.0 cm³/mol. The van der Waals surface area contributed by atoms with Gasteiger partial charge >= 0.3 is 0 Å². The molecule has 0 aliphatic heterocycles. The molecule has 3 nitrogen and oxygen atoms in total. The van der Waals surface area contributed by atoms with Gasteiger partial charge in [-0.3, -0.25) is 4.79 Å². The van der Waals surface area contributed by atoms with Crippen LogP contribution in [0.4, 0.5) is 10.1 Å². The topological polar surface area (TPSA) is 32.3 Å². The zero-order chi connectivity index (χ0) is 11.4. The molecule has 0 saturated heterocycles. The van der Waals surface area contributed by atoms with Crippen LogP contribution in [-0.4, -0.2) is 33.5 Å². The first-order valence-electron chi connectivity index (χ1n) is 4.71. The summed E-state index contributed by atoms with van der Waals surface area (Å²) in [5, 5.41) is 2.76. The number of nitrogens with zero attached hydrogens (tertiary/aromatic N) is 1. The standard InChI is InChI=1S/C11H15FN2O/c1-13-7-11(15)9-6-8(12)4-5-10(9)14(2)3/h4-6,13H,7H2,1-3H3. The Hall–Kier alpha value is -1.42. The van der Waals surface area contributed by atoms with E-state index in [2.05, 4.69) is 5.32 Å². The third kappa shape index (κ3) is 2.76. The molecule has 1 N–H and O–H groups in total. The van der Waals surface area contributed by atoms with Gasteiger partial charge < -0.3 is 10.2 Å². The second-order valence-electron chi connectivity index (χ2n) is 3.51. The SMILES string of the molecule is CNCC(=O)c1cc(F)ccc1N(C)C. The fraction of sp³-hybridized carbons (Fsp3) is 0.364. The van der Waals surface area contributed by atoms with E-state index in [-0.39, 0.29) is 18.1 Å². The molecular weight excluding hydrogens is 195 g/mol. The van der Waals surface area contributed by atoms with Crippen molar-refractivity contribution in [1.82, 2.24) is 5.32 Å². The van der Waals surface area contributed by atoms with Gasteiger partial charge in [0.1, 0.15) is 5.82 Å². The first-order valence-corrected chi connectivity index (χ1v) is 4.71. The Morgan fingerprint density at radius 3 is 2.67 bits per heavy atom. The third-order valence-corrected chi connectivity index (χ3v) is 2.08. The number of ketones is 1. The highest BCUT2D eigenvalue weighted by molar-refractivity contribution is 6.02. The second-order valence-corrected chi connectivity index (χ2v) is 3.51. The van der Waals surface area contributed by atoms with E-state index in [0.29, 0.717) is 5.56 Å². The number of nitrogens with one attached hydrogen (secondary N) is 1. The molecule has 0 atom stereocenters. The average molecular weight is 210 g/mol. The van der Waals surface area contributed by atoms with E-state index in [0.717, 1.165) is 5.69 Å². The number of carbonyl (C=O) groups excluding carboxylic acids is 1. The molecule has 0 heterocycles. The molecular formula is C11H15FN2O. The molecule has 1 aromatic rings. The van der Waals surface area contributed by atoms with E-state index in [9.17, 15) is 9.18 Å². The van der Waals surface area contributed by atoms with E-state index in [1.54, 1.807) is 18.0 Å². The Morgan fingerprint density at radius 1 is 1.47 bits per heavy atom. The second kappa shape index (κ2) is 4.89. The van der Waals surface area contributed by atoms with Crippen molar-refractivity contribution in [2.45, 2.75) is 0 Å². The van der Waals surface area contributed by atoms with Crippen LogP contribution in [0.25, 0.3) is 0 Å². The van der Waals surface area contributed by atoms with Crippen LogP contribution in [0.3, 0.4) is 0 Å². The molecule has 0 spiro atoms. The van der Waals surface area contributed by atoms with Gasteiger partial charge in [-0.2, -0.15) is 0 Å².